The summed E-state index contributed by atoms with van der Waals surface area (Å²) in [4.78, 5) is 27.7. The van der Waals surface area contributed by atoms with Gasteiger partial charge in [-0.3, -0.25) is 14.8 Å². The van der Waals surface area contributed by atoms with Gasteiger partial charge in [0.2, 0.25) is 5.91 Å². The van der Waals surface area contributed by atoms with E-state index >= 15 is 0 Å². The van der Waals surface area contributed by atoms with Gasteiger partial charge in [-0.2, -0.15) is 0 Å². The monoisotopic (exact) mass is 382 g/mol. The Balaban J connectivity index is 1.68. The molecule has 7 nitrogen and oxygen atoms in total. The Labute approximate surface area is 160 Å². The van der Waals surface area contributed by atoms with Crippen molar-refractivity contribution in [3.8, 4) is 0 Å². The SMILES string of the molecule is Cn1c(CNC(=O)Cc2ccc(F)cc2)nc2cc(C=CC(=O)NO)ccc21. The lowest BCUT2D eigenvalue weighted by molar-refractivity contribution is -0.124. The molecule has 28 heavy (non-hydrogen) atoms. The van der Waals surface area contributed by atoms with E-state index in [9.17, 15) is 14.0 Å². The van der Waals surface area contributed by atoms with Gasteiger partial charge >= 0.3 is 0 Å². The summed E-state index contributed by atoms with van der Waals surface area (Å²) in [5.74, 6) is -0.463. The molecular formula is C20H19FN4O3. The molecule has 1 heterocycles. The van der Waals surface area contributed by atoms with E-state index in [2.05, 4.69) is 10.3 Å². The summed E-state index contributed by atoms with van der Waals surface area (Å²) in [6.07, 6.45) is 2.93. The quantitative estimate of drug-likeness (QED) is 0.346. The number of aromatic nitrogens is 2. The largest absolute Gasteiger partial charge is 0.349 e. The molecule has 0 saturated carbocycles. The first-order valence-corrected chi connectivity index (χ1v) is 8.55. The topological polar surface area (TPSA) is 96.2 Å². The lowest BCUT2D eigenvalue weighted by Crippen LogP contribution is -2.25. The molecule has 0 atom stereocenters. The summed E-state index contributed by atoms with van der Waals surface area (Å²) in [7, 11) is 1.85. The molecule has 3 rings (SSSR count). The van der Waals surface area contributed by atoms with Crippen molar-refractivity contribution in [2.24, 2.45) is 7.05 Å². The van der Waals surface area contributed by atoms with E-state index in [-0.39, 0.29) is 24.7 Å². The summed E-state index contributed by atoms with van der Waals surface area (Å²) in [5, 5.41) is 11.3. The number of carbonyl (C=O) groups is 2. The minimum atomic E-state index is -0.620. The van der Waals surface area contributed by atoms with Gasteiger partial charge in [0.15, 0.2) is 0 Å². The van der Waals surface area contributed by atoms with E-state index < -0.39 is 5.91 Å². The molecule has 3 N–H and O–H groups in total. The maximum absolute atomic E-state index is 12.9. The first kappa shape index (κ1) is 19.2. The maximum atomic E-state index is 12.9. The van der Waals surface area contributed by atoms with Crippen molar-refractivity contribution in [2.75, 3.05) is 0 Å². The Morgan fingerprint density at radius 1 is 1.21 bits per heavy atom. The molecule has 3 aromatic rings. The highest BCUT2D eigenvalue weighted by Crippen LogP contribution is 2.18. The molecule has 2 amide bonds. The number of nitrogens with zero attached hydrogens (tertiary/aromatic N) is 2. The minimum Gasteiger partial charge on any atom is -0.349 e. The number of imidazole rings is 1. The Kier molecular flexibility index (Phi) is 5.81. The van der Waals surface area contributed by atoms with E-state index in [1.165, 1.54) is 23.7 Å². The molecule has 0 aliphatic rings. The Hall–Kier alpha value is -3.52. The van der Waals surface area contributed by atoms with Crippen molar-refractivity contribution >= 4 is 28.9 Å². The smallest absolute Gasteiger partial charge is 0.267 e. The van der Waals surface area contributed by atoms with Gasteiger partial charge in [-0.25, -0.2) is 14.9 Å². The van der Waals surface area contributed by atoms with E-state index in [1.807, 2.05) is 23.7 Å². The van der Waals surface area contributed by atoms with Crippen LogP contribution in [0.3, 0.4) is 0 Å². The van der Waals surface area contributed by atoms with Gasteiger partial charge in [0, 0.05) is 13.1 Å². The number of nitrogens with one attached hydrogen (secondary N) is 2. The van der Waals surface area contributed by atoms with Crippen LogP contribution < -0.4 is 10.8 Å². The van der Waals surface area contributed by atoms with Crippen molar-refractivity contribution in [3.63, 3.8) is 0 Å². The fraction of sp³-hybridized carbons (Fsp3) is 0.150. The lowest BCUT2D eigenvalue weighted by atomic mass is 10.1. The third-order valence-electron chi connectivity index (χ3n) is 4.26. The number of hydrogen-bond donors (Lipinski definition) is 3. The molecule has 0 bridgehead atoms. The normalized spacial score (nSPS) is 11.1. The van der Waals surface area contributed by atoms with Crippen LogP contribution in [0.15, 0.2) is 48.5 Å². The van der Waals surface area contributed by atoms with Crippen LogP contribution in [-0.4, -0.2) is 26.6 Å². The standard InChI is InChI=1S/C20H19FN4O3/c1-25-17-8-4-13(5-9-19(26)24-28)10-16(17)23-18(25)12-22-20(27)11-14-2-6-15(21)7-3-14/h2-10,28H,11-12H2,1H3,(H,22,27)(H,24,26). The van der Waals surface area contributed by atoms with Gasteiger partial charge in [-0.15, -0.1) is 0 Å². The molecule has 1 aromatic heterocycles. The third kappa shape index (κ3) is 4.60. The van der Waals surface area contributed by atoms with Gasteiger partial charge in [0.25, 0.3) is 5.91 Å². The number of carbonyl (C=O) groups excluding carboxylic acids is 2. The van der Waals surface area contributed by atoms with Crippen LogP contribution in [0.25, 0.3) is 17.1 Å². The van der Waals surface area contributed by atoms with Gasteiger partial charge in [-0.1, -0.05) is 18.2 Å². The Morgan fingerprint density at radius 2 is 1.96 bits per heavy atom. The van der Waals surface area contributed by atoms with E-state index in [0.717, 1.165) is 22.2 Å². The predicted octanol–water partition coefficient (Wildman–Crippen LogP) is 2.09. The van der Waals surface area contributed by atoms with Crippen molar-refractivity contribution in [1.29, 1.82) is 0 Å². The molecular weight excluding hydrogens is 363 g/mol. The molecule has 0 spiro atoms. The summed E-state index contributed by atoms with van der Waals surface area (Å²) in [5.41, 5.74) is 4.61. The predicted molar refractivity (Wildman–Crippen MR) is 102 cm³/mol. The second kappa shape index (κ2) is 8.45. The number of aryl methyl sites for hydroxylation is 1. The molecule has 0 fully saturated rings. The van der Waals surface area contributed by atoms with E-state index in [0.29, 0.717) is 5.82 Å². The number of hydroxylamine groups is 1. The highest BCUT2D eigenvalue weighted by molar-refractivity contribution is 5.91. The molecule has 2 aromatic carbocycles. The van der Waals surface area contributed by atoms with Crippen LogP contribution in [-0.2, 0) is 29.6 Å². The minimum absolute atomic E-state index is 0.159. The van der Waals surface area contributed by atoms with Crippen molar-refractivity contribution < 1.29 is 19.2 Å². The number of rotatable bonds is 6. The zero-order valence-electron chi connectivity index (χ0n) is 15.1. The van der Waals surface area contributed by atoms with Crippen molar-refractivity contribution in [2.45, 2.75) is 13.0 Å². The lowest BCUT2D eigenvalue weighted by Gasteiger charge is -2.06. The highest BCUT2D eigenvalue weighted by Gasteiger charge is 2.10. The van der Waals surface area contributed by atoms with Crippen LogP contribution in [0.5, 0.6) is 0 Å². The molecule has 0 aliphatic carbocycles. The fourth-order valence-electron chi connectivity index (χ4n) is 2.77. The van der Waals surface area contributed by atoms with Crippen LogP contribution in [0.2, 0.25) is 0 Å². The first-order chi connectivity index (χ1) is 13.5. The van der Waals surface area contributed by atoms with Crippen LogP contribution in [0.1, 0.15) is 17.0 Å². The summed E-state index contributed by atoms with van der Waals surface area (Å²) in [6.45, 7) is 0.253. The molecule has 0 radical (unpaired) electrons. The molecule has 0 unspecified atom stereocenters. The number of halogens is 1. The average molecular weight is 382 g/mol. The fourth-order valence-corrected chi connectivity index (χ4v) is 2.77. The molecule has 0 saturated heterocycles. The summed E-state index contributed by atoms with van der Waals surface area (Å²) >= 11 is 0. The molecule has 8 heteroatoms. The molecule has 0 aliphatic heterocycles. The van der Waals surface area contributed by atoms with Gasteiger partial charge in [-0.05, 0) is 41.5 Å². The average Bonchev–Trinajstić information content (AvgIpc) is 3.01. The Morgan fingerprint density at radius 3 is 2.68 bits per heavy atom. The second-order valence-corrected chi connectivity index (χ2v) is 6.22. The maximum Gasteiger partial charge on any atom is 0.267 e. The summed E-state index contributed by atoms with van der Waals surface area (Å²) < 4.78 is 14.8. The zero-order valence-corrected chi connectivity index (χ0v) is 15.1. The van der Waals surface area contributed by atoms with Crippen LogP contribution in [0.4, 0.5) is 4.39 Å². The number of amides is 2. The number of benzene rings is 2. The second-order valence-electron chi connectivity index (χ2n) is 6.22. The summed E-state index contributed by atoms with van der Waals surface area (Å²) in [6, 6.07) is 11.3. The van der Waals surface area contributed by atoms with Gasteiger partial charge in [0.1, 0.15) is 11.6 Å². The first-order valence-electron chi connectivity index (χ1n) is 8.55. The Bertz CT molecular complexity index is 1040. The highest BCUT2D eigenvalue weighted by atomic mass is 19.1. The van der Waals surface area contributed by atoms with E-state index in [1.54, 1.807) is 24.3 Å². The zero-order chi connectivity index (χ0) is 20.1. The van der Waals surface area contributed by atoms with Gasteiger partial charge < -0.3 is 9.88 Å². The molecule has 144 valence electrons. The number of fused-ring (bicyclic) bond motifs is 1. The van der Waals surface area contributed by atoms with E-state index in [4.69, 9.17) is 5.21 Å². The number of hydrogen-bond acceptors (Lipinski definition) is 4. The van der Waals surface area contributed by atoms with Gasteiger partial charge in [0.05, 0.1) is 24.0 Å². The third-order valence-corrected chi connectivity index (χ3v) is 4.26. The van der Waals surface area contributed by atoms with Crippen LogP contribution in [0, 0.1) is 5.82 Å². The van der Waals surface area contributed by atoms with Crippen LogP contribution >= 0.6 is 0 Å². The van der Waals surface area contributed by atoms with Crippen molar-refractivity contribution in [1.82, 2.24) is 20.3 Å². The van der Waals surface area contributed by atoms with Crippen molar-refractivity contribution in [3.05, 3.63) is 71.3 Å².